The molecular formula is C13H21N3O. The molecule has 0 aliphatic rings. The fourth-order valence-electron chi connectivity index (χ4n) is 1.45. The maximum absolute atomic E-state index is 11.6. The minimum Gasteiger partial charge on any atom is -0.315 e. The first-order valence-corrected chi connectivity index (χ1v) is 6.04. The molecule has 0 unspecified atom stereocenters. The second-order valence-corrected chi connectivity index (χ2v) is 4.43. The van der Waals surface area contributed by atoms with E-state index < -0.39 is 0 Å². The van der Waals surface area contributed by atoms with Gasteiger partial charge in [-0.3, -0.25) is 4.79 Å². The Morgan fingerprint density at radius 2 is 2.24 bits per heavy atom. The van der Waals surface area contributed by atoms with E-state index in [0.717, 1.165) is 18.5 Å². The van der Waals surface area contributed by atoms with Crippen molar-refractivity contribution in [2.75, 3.05) is 11.9 Å². The average Bonchev–Trinajstić information content (AvgIpc) is 2.27. The molecule has 0 aliphatic carbocycles. The number of pyridine rings is 1. The van der Waals surface area contributed by atoms with E-state index in [-0.39, 0.29) is 5.91 Å². The summed E-state index contributed by atoms with van der Waals surface area (Å²) in [5, 5.41) is 6.10. The van der Waals surface area contributed by atoms with Gasteiger partial charge in [-0.1, -0.05) is 19.9 Å². The van der Waals surface area contributed by atoms with Gasteiger partial charge in [-0.15, -0.1) is 0 Å². The zero-order valence-electron chi connectivity index (χ0n) is 10.8. The standard InChI is InChI=1S/C13H21N3O/c1-10(2)14-8-5-7-12(17)16-13-11(3)6-4-9-15-13/h4,6,9-10,14H,5,7-8H2,1-3H3,(H,15,16,17). The maximum atomic E-state index is 11.6. The van der Waals surface area contributed by atoms with Crippen molar-refractivity contribution in [3.8, 4) is 0 Å². The molecule has 0 aliphatic heterocycles. The fraction of sp³-hybridized carbons (Fsp3) is 0.538. The Balaban J connectivity index is 2.28. The van der Waals surface area contributed by atoms with Crippen LogP contribution in [0.5, 0.6) is 0 Å². The Kier molecular flexibility index (Phi) is 5.63. The van der Waals surface area contributed by atoms with E-state index in [0.29, 0.717) is 18.3 Å². The van der Waals surface area contributed by atoms with Crippen molar-refractivity contribution in [1.82, 2.24) is 10.3 Å². The van der Waals surface area contributed by atoms with Gasteiger partial charge in [0.25, 0.3) is 0 Å². The lowest BCUT2D eigenvalue weighted by atomic mass is 10.2. The van der Waals surface area contributed by atoms with Crippen LogP contribution < -0.4 is 10.6 Å². The first-order chi connectivity index (χ1) is 8.09. The molecule has 1 aromatic rings. The van der Waals surface area contributed by atoms with Crippen LogP contribution in [0, 0.1) is 6.92 Å². The molecule has 1 amide bonds. The summed E-state index contributed by atoms with van der Waals surface area (Å²) in [7, 11) is 0. The third kappa shape index (κ3) is 5.45. The third-order valence-electron chi connectivity index (χ3n) is 2.40. The fourth-order valence-corrected chi connectivity index (χ4v) is 1.45. The number of hydrogen-bond donors (Lipinski definition) is 2. The summed E-state index contributed by atoms with van der Waals surface area (Å²) in [6, 6.07) is 4.26. The molecule has 1 rings (SSSR count). The molecular weight excluding hydrogens is 214 g/mol. The quantitative estimate of drug-likeness (QED) is 0.742. The van der Waals surface area contributed by atoms with Gasteiger partial charge in [-0.25, -0.2) is 4.98 Å². The van der Waals surface area contributed by atoms with E-state index >= 15 is 0 Å². The second-order valence-electron chi connectivity index (χ2n) is 4.43. The molecule has 1 heterocycles. The molecule has 94 valence electrons. The molecule has 0 saturated heterocycles. The van der Waals surface area contributed by atoms with Crippen LogP contribution in [0.2, 0.25) is 0 Å². The van der Waals surface area contributed by atoms with E-state index in [2.05, 4.69) is 29.5 Å². The molecule has 0 bridgehead atoms. The predicted molar refractivity (Wildman–Crippen MR) is 70.0 cm³/mol. The number of carbonyl (C=O) groups is 1. The second kappa shape index (κ2) is 7.01. The SMILES string of the molecule is Cc1cccnc1NC(=O)CCCNC(C)C. The highest BCUT2D eigenvalue weighted by Gasteiger charge is 2.04. The largest absolute Gasteiger partial charge is 0.315 e. The van der Waals surface area contributed by atoms with Crippen molar-refractivity contribution in [1.29, 1.82) is 0 Å². The van der Waals surface area contributed by atoms with Crippen molar-refractivity contribution >= 4 is 11.7 Å². The lowest BCUT2D eigenvalue weighted by molar-refractivity contribution is -0.116. The molecule has 0 aromatic carbocycles. The normalized spacial score (nSPS) is 10.6. The van der Waals surface area contributed by atoms with Crippen LogP contribution in [-0.2, 0) is 4.79 Å². The van der Waals surface area contributed by atoms with Crippen LogP contribution in [0.4, 0.5) is 5.82 Å². The van der Waals surface area contributed by atoms with Gasteiger partial charge in [-0.05, 0) is 31.5 Å². The monoisotopic (exact) mass is 235 g/mol. The first-order valence-electron chi connectivity index (χ1n) is 6.04. The van der Waals surface area contributed by atoms with E-state index in [1.54, 1.807) is 6.20 Å². The van der Waals surface area contributed by atoms with Crippen LogP contribution in [0.1, 0.15) is 32.3 Å². The van der Waals surface area contributed by atoms with Crippen molar-refractivity contribution in [3.63, 3.8) is 0 Å². The molecule has 0 spiro atoms. The molecule has 0 radical (unpaired) electrons. The maximum Gasteiger partial charge on any atom is 0.225 e. The van der Waals surface area contributed by atoms with Crippen LogP contribution in [0.15, 0.2) is 18.3 Å². The highest BCUT2D eigenvalue weighted by molar-refractivity contribution is 5.90. The van der Waals surface area contributed by atoms with Gasteiger partial charge in [0, 0.05) is 18.7 Å². The van der Waals surface area contributed by atoms with Gasteiger partial charge in [0.1, 0.15) is 5.82 Å². The topological polar surface area (TPSA) is 54.0 Å². The Morgan fingerprint density at radius 1 is 1.47 bits per heavy atom. The molecule has 17 heavy (non-hydrogen) atoms. The van der Waals surface area contributed by atoms with Gasteiger partial charge < -0.3 is 10.6 Å². The minimum atomic E-state index is 0.0253. The Morgan fingerprint density at radius 3 is 2.88 bits per heavy atom. The number of nitrogens with one attached hydrogen (secondary N) is 2. The molecule has 1 aromatic heterocycles. The predicted octanol–water partition coefficient (Wildman–Crippen LogP) is 2.11. The third-order valence-corrected chi connectivity index (χ3v) is 2.40. The Hall–Kier alpha value is -1.42. The summed E-state index contributed by atoms with van der Waals surface area (Å²) >= 11 is 0. The zero-order chi connectivity index (χ0) is 12.7. The summed E-state index contributed by atoms with van der Waals surface area (Å²) in [6.45, 7) is 6.99. The molecule has 4 nitrogen and oxygen atoms in total. The highest BCUT2D eigenvalue weighted by atomic mass is 16.1. The van der Waals surface area contributed by atoms with Crippen molar-refractivity contribution < 1.29 is 4.79 Å². The number of aryl methyl sites for hydroxylation is 1. The number of amides is 1. The molecule has 0 saturated carbocycles. The van der Waals surface area contributed by atoms with Crippen LogP contribution in [0.3, 0.4) is 0 Å². The average molecular weight is 235 g/mol. The van der Waals surface area contributed by atoms with Crippen molar-refractivity contribution in [2.45, 2.75) is 39.7 Å². The van der Waals surface area contributed by atoms with Gasteiger partial charge in [0.15, 0.2) is 0 Å². The number of rotatable bonds is 6. The summed E-state index contributed by atoms with van der Waals surface area (Å²) in [4.78, 5) is 15.8. The summed E-state index contributed by atoms with van der Waals surface area (Å²) in [6.07, 6.45) is 3.05. The lowest BCUT2D eigenvalue weighted by Crippen LogP contribution is -2.24. The number of aromatic nitrogens is 1. The van der Waals surface area contributed by atoms with Gasteiger partial charge in [0.05, 0.1) is 0 Å². The van der Waals surface area contributed by atoms with E-state index in [1.807, 2.05) is 19.1 Å². The number of nitrogens with zero attached hydrogens (tertiary/aromatic N) is 1. The number of carbonyl (C=O) groups excluding carboxylic acids is 1. The van der Waals surface area contributed by atoms with Gasteiger partial charge in [-0.2, -0.15) is 0 Å². The minimum absolute atomic E-state index is 0.0253. The molecule has 2 N–H and O–H groups in total. The van der Waals surface area contributed by atoms with E-state index in [1.165, 1.54) is 0 Å². The van der Waals surface area contributed by atoms with Crippen LogP contribution in [-0.4, -0.2) is 23.5 Å². The van der Waals surface area contributed by atoms with Crippen LogP contribution >= 0.6 is 0 Å². The smallest absolute Gasteiger partial charge is 0.225 e. The van der Waals surface area contributed by atoms with E-state index in [9.17, 15) is 4.79 Å². The highest BCUT2D eigenvalue weighted by Crippen LogP contribution is 2.09. The van der Waals surface area contributed by atoms with Crippen molar-refractivity contribution in [2.24, 2.45) is 0 Å². The molecule has 0 atom stereocenters. The molecule has 0 fully saturated rings. The summed E-state index contributed by atoms with van der Waals surface area (Å²) in [5.41, 5.74) is 0.987. The van der Waals surface area contributed by atoms with Gasteiger partial charge in [0.2, 0.25) is 5.91 Å². The van der Waals surface area contributed by atoms with Gasteiger partial charge >= 0.3 is 0 Å². The summed E-state index contributed by atoms with van der Waals surface area (Å²) in [5.74, 6) is 0.687. The first kappa shape index (κ1) is 13.6. The van der Waals surface area contributed by atoms with Crippen molar-refractivity contribution in [3.05, 3.63) is 23.9 Å². The number of anilines is 1. The lowest BCUT2D eigenvalue weighted by Gasteiger charge is -2.08. The Bertz CT molecular complexity index is 363. The molecule has 4 heteroatoms. The zero-order valence-corrected chi connectivity index (χ0v) is 10.8. The summed E-state index contributed by atoms with van der Waals surface area (Å²) < 4.78 is 0. The van der Waals surface area contributed by atoms with Crippen LogP contribution in [0.25, 0.3) is 0 Å². The van der Waals surface area contributed by atoms with E-state index in [4.69, 9.17) is 0 Å². The number of hydrogen-bond acceptors (Lipinski definition) is 3. The Labute approximate surface area is 103 Å².